The van der Waals surface area contributed by atoms with Crippen LogP contribution in [0.15, 0.2) is 108 Å². The zero-order valence-corrected chi connectivity index (χ0v) is 21.9. The highest BCUT2D eigenvalue weighted by molar-refractivity contribution is 5.99. The maximum absolute atomic E-state index is 13.4. The van der Waals surface area contributed by atoms with Crippen molar-refractivity contribution in [2.24, 2.45) is 0 Å². The van der Waals surface area contributed by atoms with Gasteiger partial charge in [-0.2, -0.15) is 0 Å². The molecule has 0 aliphatic carbocycles. The van der Waals surface area contributed by atoms with Crippen LogP contribution in [0.5, 0.6) is 17.2 Å². The van der Waals surface area contributed by atoms with Crippen molar-refractivity contribution in [2.45, 2.75) is 6.54 Å². The molecule has 0 spiro atoms. The van der Waals surface area contributed by atoms with Crippen LogP contribution < -0.4 is 20.3 Å². The van der Waals surface area contributed by atoms with E-state index in [1.165, 1.54) is 4.68 Å². The number of carbonyl (C=O) groups excluding carboxylic acids is 1. The van der Waals surface area contributed by atoms with E-state index in [4.69, 9.17) is 9.47 Å². The van der Waals surface area contributed by atoms with Crippen molar-refractivity contribution in [2.75, 3.05) is 7.11 Å². The number of amides is 1. The monoisotopic (exact) mass is 544 g/mol. The van der Waals surface area contributed by atoms with E-state index in [1.54, 1.807) is 74.4 Å². The van der Waals surface area contributed by atoms with Crippen LogP contribution in [0.25, 0.3) is 27.8 Å². The Bertz CT molecular complexity index is 1880. The van der Waals surface area contributed by atoms with E-state index in [0.717, 1.165) is 10.9 Å². The molecular formula is C31H24N6O4. The van der Waals surface area contributed by atoms with Gasteiger partial charge in [0.25, 0.3) is 11.5 Å². The third-order valence-corrected chi connectivity index (χ3v) is 6.47. The van der Waals surface area contributed by atoms with Gasteiger partial charge in [0.2, 0.25) is 0 Å². The minimum Gasteiger partial charge on any atom is -0.497 e. The molecule has 10 nitrogen and oxygen atoms in total. The summed E-state index contributed by atoms with van der Waals surface area (Å²) in [5.41, 5.74) is 2.57. The molecule has 10 heteroatoms. The van der Waals surface area contributed by atoms with Crippen LogP contribution in [0.4, 0.5) is 0 Å². The van der Waals surface area contributed by atoms with Crippen molar-refractivity contribution in [3.63, 3.8) is 0 Å². The van der Waals surface area contributed by atoms with Crippen LogP contribution in [0.2, 0.25) is 0 Å². The minimum atomic E-state index is -0.520. The lowest BCUT2D eigenvalue weighted by molar-refractivity contribution is 0.0950. The maximum Gasteiger partial charge on any atom is 0.284 e. The molecule has 4 aromatic heterocycles. The first-order valence-corrected chi connectivity index (χ1v) is 12.8. The van der Waals surface area contributed by atoms with Gasteiger partial charge in [0.05, 0.1) is 42.4 Å². The number of ether oxygens (including phenoxy) is 2. The van der Waals surface area contributed by atoms with E-state index in [2.05, 4.69) is 25.4 Å². The Morgan fingerprint density at radius 1 is 0.927 bits per heavy atom. The van der Waals surface area contributed by atoms with Crippen LogP contribution >= 0.6 is 0 Å². The number of aromatic nitrogens is 5. The summed E-state index contributed by atoms with van der Waals surface area (Å²) in [7, 11) is 1.61. The van der Waals surface area contributed by atoms with Gasteiger partial charge in [-0.15, -0.1) is 0 Å². The second-order valence-electron chi connectivity index (χ2n) is 9.04. The molecule has 0 aliphatic heterocycles. The lowest BCUT2D eigenvalue weighted by Crippen LogP contribution is -2.29. The smallest absolute Gasteiger partial charge is 0.284 e. The molecule has 202 valence electrons. The third kappa shape index (κ3) is 5.26. The Labute approximate surface area is 234 Å². The second kappa shape index (κ2) is 11.1. The average Bonchev–Trinajstić information content (AvgIpc) is 3.38. The summed E-state index contributed by atoms with van der Waals surface area (Å²) >= 11 is 0. The number of methoxy groups -OCH3 is 1. The van der Waals surface area contributed by atoms with Crippen molar-refractivity contribution in [1.82, 2.24) is 30.0 Å². The Balaban J connectivity index is 1.20. The highest BCUT2D eigenvalue weighted by Gasteiger charge is 2.23. The molecule has 0 saturated carbocycles. The third-order valence-electron chi connectivity index (χ3n) is 6.47. The largest absolute Gasteiger partial charge is 0.497 e. The van der Waals surface area contributed by atoms with Gasteiger partial charge in [0.15, 0.2) is 0 Å². The van der Waals surface area contributed by atoms with E-state index in [0.29, 0.717) is 39.9 Å². The molecule has 2 N–H and O–H groups in total. The fourth-order valence-corrected chi connectivity index (χ4v) is 4.41. The number of carbonyl (C=O) groups is 1. The van der Waals surface area contributed by atoms with Crippen molar-refractivity contribution in [1.29, 1.82) is 0 Å². The van der Waals surface area contributed by atoms with Gasteiger partial charge in [-0.1, -0.05) is 18.2 Å². The second-order valence-corrected chi connectivity index (χ2v) is 9.04. The van der Waals surface area contributed by atoms with Crippen molar-refractivity contribution in [3.8, 4) is 34.2 Å². The van der Waals surface area contributed by atoms with Crippen molar-refractivity contribution < 1.29 is 14.3 Å². The highest BCUT2D eigenvalue weighted by atomic mass is 16.5. The lowest BCUT2D eigenvalue weighted by Gasteiger charge is -2.10. The van der Waals surface area contributed by atoms with Gasteiger partial charge < -0.3 is 14.8 Å². The SMILES string of the molecule is COc1ccc2c(Oc3ccc(CNC(=O)c4c(-c5ccncc5)[nH]n(-c5ccccc5)c4=O)nc3)ccnc2c1. The highest BCUT2D eigenvalue weighted by Crippen LogP contribution is 2.30. The molecule has 0 radical (unpaired) electrons. The van der Waals surface area contributed by atoms with Crippen LogP contribution in [0, 0.1) is 0 Å². The van der Waals surface area contributed by atoms with Crippen LogP contribution in [0.3, 0.4) is 0 Å². The molecule has 0 bridgehead atoms. The number of fused-ring (bicyclic) bond motifs is 1. The molecule has 0 saturated heterocycles. The predicted molar refractivity (Wildman–Crippen MR) is 153 cm³/mol. The molecule has 4 heterocycles. The van der Waals surface area contributed by atoms with E-state index in [9.17, 15) is 9.59 Å². The topological polar surface area (TPSA) is 124 Å². The molecule has 0 aliphatic rings. The number of benzene rings is 2. The number of hydrogen-bond acceptors (Lipinski definition) is 7. The van der Waals surface area contributed by atoms with Crippen molar-refractivity contribution >= 4 is 16.8 Å². The first-order chi connectivity index (χ1) is 20.1. The molecule has 0 unspecified atom stereocenters. The Kier molecular flexibility index (Phi) is 6.93. The van der Waals surface area contributed by atoms with Gasteiger partial charge in [-0.05, 0) is 54.6 Å². The summed E-state index contributed by atoms with van der Waals surface area (Å²) in [6.45, 7) is 0.114. The molecule has 6 rings (SSSR count). The first-order valence-electron chi connectivity index (χ1n) is 12.8. The quantitative estimate of drug-likeness (QED) is 0.279. The number of aromatic amines is 1. The summed E-state index contributed by atoms with van der Waals surface area (Å²) in [6.07, 6.45) is 6.46. The maximum atomic E-state index is 13.4. The first kappa shape index (κ1) is 25.5. The molecular weight excluding hydrogens is 520 g/mol. The molecule has 1 amide bonds. The Morgan fingerprint density at radius 2 is 1.73 bits per heavy atom. The average molecular weight is 545 g/mol. The van der Waals surface area contributed by atoms with Crippen LogP contribution in [-0.4, -0.2) is 37.7 Å². The molecule has 6 aromatic rings. The molecule has 0 atom stereocenters. The fourth-order valence-electron chi connectivity index (χ4n) is 4.41. The standard InChI is InChI=1S/C31H24N6O4/c1-40-23-9-10-25-26(17-23)33-16-13-27(25)41-24-8-7-21(34-19-24)18-35-30(38)28-29(20-11-14-32-15-12-20)36-37(31(28)39)22-5-3-2-4-6-22/h2-17,19,36H,18H2,1H3,(H,35,38). The summed E-state index contributed by atoms with van der Waals surface area (Å²) in [5.74, 6) is 1.35. The summed E-state index contributed by atoms with van der Waals surface area (Å²) in [5, 5.41) is 6.74. The van der Waals surface area contributed by atoms with E-state index < -0.39 is 11.5 Å². The Hall–Kier alpha value is -5.77. The zero-order valence-electron chi connectivity index (χ0n) is 21.9. The van der Waals surface area contributed by atoms with Crippen LogP contribution in [0.1, 0.15) is 16.1 Å². The number of H-pyrrole nitrogens is 1. The number of pyridine rings is 3. The number of para-hydroxylation sites is 1. The van der Waals surface area contributed by atoms with Gasteiger partial charge in [0, 0.05) is 35.6 Å². The number of nitrogens with one attached hydrogen (secondary N) is 2. The normalized spacial score (nSPS) is 10.9. The minimum absolute atomic E-state index is 0.00111. The van der Waals surface area contributed by atoms with Gasteiger partial charge in [-0.25, -0.2) is 4.68 Å². The summed E-state index contributed by atoms with van der Waals surface area (Å²) in [6, 6.07) is 23.4. The predicted octanol–water partition coefficient (Wildman–Crippen LogP) is 4.90. The van der Waals surface area contributed by atoms with E-state index >= 15 is 0 Å². The summed E-state index contributed by atoms with van der Waals surface area (Å²) < 4.78 is 12.7. The number of hydrogen-bond donors (Lipinski definition) is 2. The van der Waals surface area contributed by atoms with Gasteiger partial charge in [0.1, 0.15) is 22.8 Å². The fraction of sp³-hybridized carbons (Fsp3) is 0.0645. The molecule has 2 aromatic carbocycles. The Morgan fingerprint density at radius 3 is 2.49 bits per heavy atom. The van der Waals surface area contributed by atoms with Gasteiger partial charge in [-0.3, -0.25) is 29.6 Å². The number of rotatable bonds is 8. The lowest BCUT2D eigenvalue weighted by atomic mass is 10.1. The van der Waals surface area contributed by atoms with Gasteiger partial charge >= 0.3 is 0 Å². The number of nitrogens with zero attached hydrogens (tertiary/aromatic N) is 4. The van der Waals surface area contributed by atoms with Crippen LogP contribution in [-0.2, 0) is 6.54 Å². The van der Waals surface area contributed by atoms with E-state index in [1.807, 2.05) is 36.4 Å². The van der Waals surface area contributed by atoms with Crippen molar-refractivity contribution in [3.05, 3.63) is 125 Å². The zero-order chi connectivity index (χ0) is 28.2. The molecule has 41 heavy (non-hydrogen) atoms. The van der Waals surface area contributed by atoms with E-state index in [-0.39, 0.29) is 12.1 Å². The molecule has 0 fully saturated rings. The summed E-state index contributed by atoms with van der Waals surface area (Å²) in [4.78, 5) is 39.5.